The highest BCUT2D eigenvalue weighted by Gasteiger charge is 2.21. The molecule has 1 nitrogen and oxygen atoms in total. The van der Waals surface area contributed by atoms with Crippen LogP contribution < -0.4 is 0 Å². The predicted octanol–water partition coefficient (Wildman–Crippen LogP) is 4.47. The third-order valence-electron chi connectivity index (χ3n) is 4.04. The fourth-order valence-corrected chi connectivity index (χ4v) is 3.02. The van der Waals surface area contributed by atoms with Crippen molar-refractivity contribution in [3.05, 3.63) is 12.2 Å². The smallest absolute Gasteiger partial charge is 0.0651 e. The van der Waals surface area contributed by atoms with Gasteiger partial charge in [-0.2, -0.15) is 0 Å². The second-order valence-electron chi connectivity index (χ2n) is 5.37. The summed E-state index contributed by atoms with van der Waals surface area (Å²) in [4.78, 5) is 0. The average Bonchev–Trinajstić information content (AvgIpc) is 2.30. The highest BCUT2D eigenvalue weighted by molar-refractivity contribution is 4.96. The first kappa shape index (κ1) is 12.2. The van der Waals surface area contributed by atoms with E-state index in [1.54, 1.807) is 0 Å². The molecule has 16 heavy (non-hydrogen) atoms. The van der Waals surface area contributed by atoms with Crippen LogP contribution >= 0.6 is 0 Å². The zero-order valence-corrected chi connectivity index (χ0v) is 10.5. The number of rotatable bonds is 0. The van der Waals surface area contributed by atoms with Gasteiger partial charge in [-0.15, -0.1) is 0 Å². The lowest BCUT2D eigenvalue weighted by atomic mass is 9.89. The molecule has 0 saturated heterocycles. The van der Waals surface area contributed by atoms with Crippen LogP contribution in [-0.4, -0.2) is 12.7 Å². The maximum Gasteiger partial charge on any atom is 0.0651 e. The minimum absolute atomic E-state index is 0.532. The molecular weight excluding hydrogens is 196 g/mol. The van der Waals surface area contributed by atoms with Crippen molar-refractivity contribution in [3.8, 4) is 0 Å². The summed E-state index contributed by atoms with van der Waals surface area (Å²) < 4.78 is 5.90. The number of hydrogen-bond acceptors (Lipinski definition) is 1. The Balaban J connectivity index is 1.83. The Hall–Kier alpha value is -0.300. The molecule has 0 amide bonds. The van der Waals surface area contributed by atoms with Gasteiger partial charge in [-0.05, 0) is 12.8 Å². The van der Waals surface area contributed by atoms with Crippen LogP contribution in [0.2, 0.25) is 0 Å². The van der Waals surface area contributed by atoms with Gasteiger partial charge in [-0.1, -0.05) is 63.5 Å². The van der Waals surface area contributed by atoms with Crippen LogP contribution in [-0.2, 0) is 4.74 Å². The van der Waals surface area contributed by atoms with E-state index in [-0.39, 0.29) is 0 Å². The Morgan fingerprint density at radius 1 is 0.750 bits per heavy atom. The summed E-state index contributed by atoms with van der Waals surface area (Å²) in [6.07, 6.45) is 19.2. The Kier molecular flexibility index (Phi) is 5.41. The molecule has 2 unspecified atom stereocenters. The summed E-state index contributed by atoms with van der Waals surface area (Å²) in [5.41, 5.74) is 0. The molecule has 1 heteroatoms. The molecule has 0 N–H and O–H groups in total. The van der Waals surface area contributed by atoms with E-state index >= 15 is 0 Å². The van der Waals surface area contributed by atoms with Crippen LogP contribution in [0.5, 0.6) is 0 Å². The van der Waals surface area contributed by atoms with Gasteiger partial charge in [0, 0.05) is 5.92 Å². The van der Waals surface area contributed by atoms with E-state index in [9.17, 15) is 0 Å². The highest BCUT2D eigenvalue weighted by Crippen LogP contribution is 2.26. The van der Waals surface area contributed by atoms with Crippen LogP contribution in [0.4, 0.5) is 0 Å². The van der Waals surface area contributed by atoms with E-state index in [1.807, 2.05) is 0 Å². The topological polar surface area (TPSA) is 9.23 Å². The predicted molar refractivity (Wildman–Crippen MR) is 68.5 cm³/mol. The first-order valence-electron chi connectivity index (χ1n) is 7.25. The standard InChI is InChI=1S/C15H26O/c1-2-4-6-8-12-15-14(10-7-5-3-1)11-9-13-16-15/h9,11,14-15H,1-8,10,12-13H2. The van der Waals surface area contributed by atoms with Crippen molar-refractivity contribution < 1.29 is 4.74 Å². The molecule has 0 aromatic heterocycles. The van der Waals surface area contributed by atoms with Gasteiger partial charge in [-0.3, -0.25) is 0 Å². The Bertz CT molecular complexity index is 209. The summed E-state index contributed by atoms with van der Waals surface area (Å²) in [5.74, 6) is 0.716. The minimum atomic E-state index is 0.532. The van der Waals surface area contributed by atoms with Gasteiger partial charge < -0.3 is 4.74 Å². The Morgan fingerprint density at radius 3 is 2.12 bits per heavy atom. The maximum atomic E-state index is 5.90. The van der Waals surface area contributed by atoms with Crippen molar-refractivity contribution >= 4 is 0 Å². The van der Waals surface area contributed by atoms with E-state index < -0.39 is 0 Å². The van der Waals surface area contributed by atoms with E-state index in [0.29, 0.717) is 12.0 Å². The van der Waals surface area contributed by atoms with Crippen LogP contribution in [0.15, 0.2) is 12.2 Å². The van der Waals surface area contributed by atoms with E-state index in [1.165, 1.54) is 64.2 Å². The SMILES string of the molecule is C1=CC2CCCCCCCCCCC2OC1. The molecule has 1 aliphatic carbocycles. The molecule has 2 atom stereocenters. The van der Waals surface area contributed by atoms with Crippen LogP contribution in [0.25, 0.3) is 0 Å². The summed E-state index contributed by atoms with van der Waals surface area (Å²) in [5, 5.41) is 0. The van der Waals surface area contributed by atoms with Gasteiger partial charge in [0.05, 0.1) is 12.7 Å². The van der Waals surface area contributed by atoms with Crippen molar-refractivity contribution in [2.45, 2.75) is 70.3 Å². The molecule has 2 aliphatic rings. The zero-order chi connectivity index (χ0) is 11.1. The average molecular weight is 222 g/mol. The number of fused-ring (bicyclic) bond motifs is 1. The minimum Gasteiger partial charge on any atom is -0.374 e. The van der Waals surface area contributed by atoms with Gasteiger partial charge in [-0.25, -0.2) is 0 Å². The largest absolute Gasteiger partial charge is 0.374 e. The summed E-state index contributed by atoms with van der Waals surface area (Å²) in [6.45, 7) is 0.848. The van der Waals surface area contributed by atoms with Crippen molar-refractivity contribution in [2.24, 2.45) is 5.92 Å². The Labute approximate surface area is 100 Å². The lowest BCUT2D eigenvalue weighted by molar-refractivity contribution is 0.0220. The lowest BCUT2D eigenvalue weighted by Crippen LogP contribution is -2.26. The summed E-state index contributed by atoms with van der Waals surface area (Å²) >= 11 is 0. The summed E-state index contributed by atoms with van der Waals surface area (Å²) in [7, 11) is 0. The van der Waals surface area contributed by atoms with Crippen molar-refractivity contribution in [1.29, 1.82) is 0 Å². The quantitative estimate of drug-likeness (QED) is 0.549. The fourth-order valence-electron chi connectivity index (χ4n) is 3.02. The zero-order valence-electron chi connectivity index (χ0n) is 10.5. The molecule has 2 rings (SSSR count). The molecule has 0 radical (unpaired) electrons. The van der Waals surface area contributed by atoms with E-state index in [2.05, 4.69) is 12.2 Å². The van der Waals surface area contributed by atoms with E-state index in [0.717, 1.165) is 6.61 Å². The second kappa shape index (κ2) is 7.11. The van der Waals surface area contributed by atoms with E-state index in [4.69, 9.17) is 4.74 Å². The van der Waals surface area contributed by atoms with Gasteiger partial charge in [0.2, 0.25) is 0 Å². The van der Waals surface area contributed by atoms with Crippen LogP contribution in [0.3, 0.4) is 0 Å². The van der Waals surface area contributed by atoms with Gasteiger partial charge in [0.15, 0.2) is 0 Å². The van der Waals surface area contributed by atoms with Crippen LogP contribution in [0.1, 0.15) is 64.2 Å². The third kappa shape index (κ3) is 3.93. The maximum absolute atomic E-state index is 5.90. The monoisotopic (exact) mass is 222 g/mol. The lowest BCUT2D eigenvalue weighted by Gasteiger charge is -2.28. The third-order valence-corrected chi connectivity index (χ3v) is 4.04. The first-order valence-corrected chi connectivity index (χ1v) is 7.25. The summed E-state index contributed by atoms with van der Waals surface area (Å²) in [6, 6.07) is 0. The fraction of sp³-hybridized carbons (Fsp3) is 0.867. The van der Waals surface area contributed by atoms with Crippen molar-refractivity contribution in [2.75, 3.05) is 6.61 Å². The normalized spacial score (nSPS) is 33.5. The van der Waals surface area contributed by atoms with Gasteiger partial charge >= 0.3 is 0 Å². The molecule has 1 saturated carbocycles. The molecule has 0 aromatic carbocycles. The second-order valence-corrected chi connectivity index (χ2v) is 5.37. The molecule has 92 valence electrons. The van der Waals surface area contributed by atoms with Gasteiger partial charge in [0.25, 0.3) is 0 Å². The molecule has 0 bridgehead atoms. The Morgan fingerprint density at radius 2 is 1.38 bits per heavy atom. The first-order chi connectivity index (χ1) is 7.97. The number of hydrogen-bond donors (Lipinski definition) is 0. The molecule has 0 aromatic rings. The van der Waals surface area contributed by atoms with Gasteiger partial charge in [0.1, 0.15) is 0 Å². The molecule has 1 heterocycles. The highest BCUT2D eigenvalue weighted by atomic mass is 16.5. The number of ether oxygens (including phenoxy) is 1. The molecule has 1 aliphatic heterocycles. The molecular formula is C15H26O. The van der Waals surface area contributed by atoms with Crippen molar-refractivity contribution in [3.63, 3.8) is 0 Å². The molecule has 0 spiro atoms. The van der Waals surface area contributed by atoms with Crippen molar-refractivity contribution in [1.82, 2.24) is 0 Å². The van der Waals surface area contributed by atoms with Crippen LogP contribution in [0, 0.1) is 5.92 Å². The molecule has 1 fully saturated rings.